The van der Waals surface area contributed by atoms with Crippen LogP contribution < -0.4 is 9.64 Å². The number of nitrogens with zero attached hydrogens (tertiary/aromatic N) is 4. The molecule has 0 unspecified atom stereocenters. The molecular weight excluding hydrogens is 464 g/mol. The summed E-state index contributed by atoms with van der Waals surface area (Å²) in [5.41, 5.74) is 1.05. The quantitative estimate of drug-likeness (QED) is 0.640. The van der Waals surface area contributed by atoms with Crippen LogP contribution in [0.1, 0.15) is 37.0 Å². The van der Waals surface area contributed by atoms with Crippen LogP contribution in [0.3, 0.4) is 0 Å². The first-order valence-electron chi connectivity index (χ1n) is 10.9. The summed E-state index contributed by atoms with van der Waals surface area (Å²) >= 11 is 5.98. The number of anilines is 1. The van der Waals surface area contributed by atoms with Crippen molar-refractivity contribution in [2.75, 3.05) is 31.1 Å². The molecule has 0 radical (unpaired) electrons. The second-order valence-corrected chi connectivity index (χ2v) is 11.8. The summed E-state index contributed by atoms with van der Waals surface area (Å²) in [4.78, 5) is 23.6. The van der Waals surface area contributed by atoms with Gasteiger partial charge in [0.05, 0.1) is 22.2 Å². The van der Waals surface area contributed by atoms with E-state index in [4.69, 9.17) is 16.3 Å². The number of hydrogen-bond donors (Lipinski definition) is 0. The third kappa shape index (κ3) is 4.02. The minimum Gasteiger partial charge on any atom is -0.476 e. The number of ether oxygens (including phenoxy) is 1. The zero-order valence-corrected chi connectivity index (χ0v) is 20.1. The highest BCUT2D eigenvalue weighted by atomic mass is 35.5. The van der Waals surface area contributed by atoms with E-state index in [-0.39, 0.29) is 28.7 Å². The van der Waals surface area contributed by atoms with Crippen molar-refractivity contribution in [2.45, 2.75) is 37.6 Å². The number of carbonyl (C=O) groups is 1. The van der Waals surface area contributed by atoms with Gasteiger partial charge < -0.3 is 9.64 Å². The van der Waals surface area contributed by atoms with Crippen molar-refractivity contribution in [3.8, 4) is 5.88 Å². The SMILES string of the molecule is CC1(C)CN=C2C(=O)c3cc(S(=O)(=O)N4CCC[C@H]4COc4cc(Cl)ccn4)ccc3N2C1. The lowest BCUT2D eigenvalue weighted by Crippen LogP contribution is -2.44. The van der Waals surface area contributed by atoms with Crippen molar-refractivity contribution in [2.24, 2.45) is 10.4 Å². The zero-order valence-electron chi connectivity index (χ0n) is 18.5. The Kier molecular flexibility index (Phi) is 5.46. The van der Waals surface area contributed by atoms with Crippen LogP contribution in [0.25, 0.3) is 0 Å². The lowest BCUT2D eigenvalue weighted by Gasteiger charge is -2.34. The molecule has 1 fully saturated rings. The second kappa shape index (κ2) is 8.07. The Balaban J connectivity index is 1.39. The van der Waals surface area contributed by atoms with Gasteiger partial charge in [-0.25, -0.2) is 13.4 Å². The van der Waals surface area contributed by atoms with Crippen LogP contribution in [0.15, 0.2) is 46.4 Å². The summed E-state index contributed by atoms with van der Waals surface area (Å²) in [6, 6.07) is 7.73. The van der Waals surface area contributed by atoms with Crippen LogP contribution in [-0.4, -0.2) is 61.6 Å². The third-order valence-electron chi connectivity index (χ3n) is 6.26. The van der Waals surface area contributed by atoms with Gasteiger partial charge >= 0.3 is 0 Å². The Morgan fingerprint density at radius 3 is 2.85 bits per heavy atom. The van der Waals surface area contributed by atoms with Gasteiger partial charge in [0.15, 0.2) is 5.84 Å². The van der Waals surface area contributed by atoms with E-state index >= 15 is 0 Å². The maximum atomic E-state index is 13.5. The topological polar surface area (TPSA) is 92.2 Å². The summed E-state index contributed by atoms with van der Waals surface area (Å²) in [7, 11) is -3.80. The number of ketones is 1. The highest BCUT2D eigenvalue weighted by Crippen LogP contribution is 2.38. The molecule has 0 saturated carbocycles. The lowest BCUT2D eigenvalue weighted by molar-refractivity contribution is 0.106. The van der Waals surface area contributed by atoms with Gasteiger partial charge in [0.25, 0.3) is 0 Å². The van der Waals surface area contributed by atoms with Crippen LogP contribution >= 0.6 is 11.6 Å². The van der Waals surface area contributed by atoms with Crippen molar-refractivity contribution < 1.29 is 17.9 Å². The molecule has 1 atom stereocenters. The first-order chi connectivity index (χ1) is 15.7. The number of pyridine rings is 1. The highest BCUT2D eigenvalue weighted by molar-refractivity contribution is 7.89. The van der Waals surface area contributed by atoms with Crippen molar-refractivity contribution in [3.63, 3.8) is 0 Å². The van der Waals surface area contributed by atoms with Crippen molar-refractivity contribution >= 4 is 38.9 Å². The molecule has 1 aromatic heterocycles. The molecule has 174 valence electrons. The van der Waals surface area contributed by atoms with Crippen molar-refractivity contribution in [1.29, 1.82) is 0 Å². The fourth-order valence-corrected chi connectivity index (χ4v) is 6.46. The summed E-state index contributed by atoms with van der Waals surface area (Å²) in [5, 5.41) is 0.503. The number of rotatable bonds is 5. The molecule has 33 heavy (non-hydrogen) atoms. The molecule has 0 N–H and O–H groups in total. The highest BCUT2D eigenvalue weighted by Gasteiger charge is 2.42. The molecule has 4 heterocycles. The average molecular weight is 489 g/mol. The first-order valence-corrected chi connectivity index (χ1v) is 12.7. The van der Waals surface area contributed by atoms with Crippen molar-refractivity contribution in [3.05, 3.63) is 47.1 Å². The van der Waals surface area contributed by atoms with Gasteiger partial charge in [-0.3, -0.25) is 9.79 Å². The van der Waals surface area contributed by atoms with Gasteiger partial charge in [-0.15, -0.1) is 0 Å². The van der Waals surface area contributed by atoms with E-state index in [9.17, 15) is 13.2 Å². The van der Waals surface area contributed by atoms with E-state index in [2.05, 4.69) is 23.8 Å². The van der Waals surface area contributed by atoms with E-state index in [1.54, 1.807) is 30.5 Å². The van der Waals surface area contributed by atoms with Crippen LogP contribution in [0.2, 0.25) is 5.02 Å². The van der Waals surface area contributed by atoms with E-state index in [0.29, 0.717) is 48.4 Å². The molecule has 0 aliphatic carbocycles. The van der Waals surface area contributed by atoms with E-state index in [0.717, 1.165) is 12.1 Å². The second-order valence-electron chi connectivity index (χ2n) is 9.43. The van der Waals surface area contributed by atoms with Crippen LogP contribution in [0, 0.1) is 5.41 Å². The zero-order chi connectivity index (χ0) is 23.4. The van der Waals surface area contributed by atoms with E-state index in [1.165, 1.54) is 10.4 Å². The summed E-state index contributed by atoms with van der Waals surface area (Å²) in [6.45, 7) is 6.01. The van der Waals surface area contributed by atoms with Crippen LogP contribution in [0.5, 0.6) is 5.88 Å². The molecule has 5 rings (SSSR count). The number of aromatic nitrogens is 1. The summed E-state index contributed by atoms with van der Waals surface area (Å²) < 4.78 is 34.2. The van der Waals surface area contributed by atoms with Crippen molar-refractivity contribution in [1.82, 2.24) is 9.29 Å². The smallest absolute Gasteiger partial charge is 0.243 e. The molecule has 0 amide bonds. The molecule has 3 aliphatic heterocycles. The Morgan fingerprint density at radius 2 is 2.06 bits per heavy atom. The molecule has 2 aromatic rings. The van der Waals surface area contributed by atoms with Gasteiger partial charge in [-0.1, -0.05) is 25.4 Å². The predicted octanol–water partition coefficient (Wildman–Crippen LogP) is 3.41. The number of benzene rings is 1. The van der Waals surface area contributed by atoms with Gasteiger partial charge in [0.1, 0.15) is 6.61 Å². The Morgan fingerprint density at radius 1 is 1.24 bits per heavy atom. The number of Topliss-reactive ketones (excluding diaryl/α,β-unsaturated/α-hetero) is 1. The number of fused-ring (bicyclic) bond motifs is 3. The minimum absolute atomic E-state index is 0.0588. The molecule has 1 aromatic carbocycles. The van der Waals surface area contributed by atoms with Gasteiger partial charge in [-0.05, 0) is 37.1 Å². The largest absolute Gasteiger partial charge is 0.476 e. The van der Waals surface area contributed by atoms with Crippen LogP contribution in [0.4, 0.5) is 5.69 Å². The Labute approximate surface area is 198 Å². The van der Waals surface area contributed by atoms with E-state index < -0.39 is 10.0 Å². The fraction of sp³-hybridized carbons (Fsp3) is 0.435. The number of aliphatic imine (C=N–C) groups is 1. The normalized spacial score (nSPS) is 22.2. The van der Waals surface area contributed by atoms with Gasteiger partial charge in [-0.2, -0.15) is 4.31 Å². The number of hydrogen-bond acceptors (Lipinski definition) is 7. The number of carbonyl (C=O) groups excluding carboxylic acids is 1. The Hall–Kier alpha value is -2.49. The standard InChI is InChI=1S/C23H25ClN4O4S/c1-23(2)13-26-22-21(29)18-11-17(5-6-19(18)27(22)14-23)33(30,31)28-9-3-4-16(28)12-32-20-10-15(24)7-8-25-20/h5-8,10-11,16H,3-4,9,12-14H2,1-2H3/t16-/m0/s1. The van der Waals surface area contributed by atoms with E-state index in [1.807, 2.05) is 4.90 Å². The van der Waals surface area contributed by atoms with Gasteiger partial charge in [0.2, 0.25) is 21.7 Å². The third-order valence-corrected chi connectivity index (χ3v) is 8.44. The molecular formula is C23H25ClN4O4S. The van der Waals surface area contributed by atoms with Crippen LogP contribution in [-0.2, 0) is 10.0 Å². The molecule has 10 heteroatoms. The monoisotopic (exact) mass is 488 g/mol. The molecule has 3 aliphatic rings. The number of halogens is 1. The summed E-state index contributed by atoms with van der Waals surface area (Å²) in [6.07, 6.45) is 2.96. The number of amidine groups is 1. The molecule has 1 saturated heterocycles. The maximum Gasteiger partial charge on any atom is 0.243 e. The first kappa shape index (κ1) is 22.3. The fourth-order valence-electron chi connectivity index (χ4n) is 4.61. The predicted molar refractivity (Wildman–Crippen MR) is 126 cm³/mol. The molecule has 0 spiro atoms. The number of sulfonamides is 1. The molecule has 0 bridgehead atoms. The lowest BCUT2D eigenvalue weighted by atomic mass is 9.91. The minimum atomic E-state index is -3.80. The summed E-state index contributed by atoms with van der Waals surface area (Å²) in [5.74, 6) is 0.543. The molecule has 8 nitrogen and oxygen atoms in total. The Bertz CT molecular complexity index is 1260. The average Bonchev–Trinajstić information content (AvgIpc) is 3.35. The maximum absolute atomic E-state index is 13.5. The van der Waals surface area contributed by atoms with Gasteiger partial charge in [0, 0.05) is 42.3 Å².